The van der Waals surface area contributed by atoms with Crippen LogP contribution in [0.2, 0.25) is 0 Å². The van der Waals surface area contributed by atoms with E-state index in [1.807, 2.05) is 0 Å². The Hall–Kier alpha value is -2.44. The maximum atomic E-state index is 12.5. The zero-order chi connectivity index (χ0) is 12.3. The molecule has 2 rings (SSSR count). The molecule has 6 nitrogen and oxygen atoms in total. The van der Waals surface area contributed by atoms with Crippen molar-refractivity contribution in [1.82, 2.24) is 9.97 Å². The number of hydrogen-bond acceptors (Lipinski definition) is 5. The third-order valence-corrected chi connectivity index (χ3v) is 1.91. The topological polar surface area (TPSA) is 88.2 Å². The van der Waals surface area contributed by atoms with Gasteiger partial charge in [0.05, 0.1) is 18.9 Å². The molecule has 0 fully saturated rings. The molecule has 0 aliphatic rings. The van der Waals surface area contributed by atoms with Crippen LogP contribution in [0.5, 0.6) is 0 Å². The summed E-state index contributed by atoms with van der Waals surface area (Å²) in [7, 11) is 0. The lowest BCUT2D eigenvalue weighted by molar-refractivity contribution is 0.0660. The van der Waals surface area contributed by atoms with Gasteiger partial charge in [-0.25, -0.2) is 19.2 Å². The van der Waals surface area contributed by atoms with Crippen LogP contribution >= 0.6 is 0 Å². The number of aromatic carboxylic acids is 1. The molecule has 0 atom stereocenters. The highest BCUT2D eigenvalue weighted by Crippen LogP contribution is 2.09. The SMILES string of the molecule is O=C(O)c1ccc(CNc2ncc(F)cn2)o1. The van der Waals surface area contributed by atoms with E-state index in [-0.39, 0.29) is 18.3 Å². The number of halogens is 1. The van der Waals surface area contributed by atoms with E-state index in [4.69, 9.17) is 9.52 Å². The quantitative estimate of drug-likeness (QED) is 0.838. The predicted octanol–water partition coefficient (Wildman–Crippen LogP) is 1.52. The van der Waals surface area contributed by atoms with Gasteiger partial charge in [0.1, 0.15) is 5.76 Å². The van der Waals surface area contributed by atoms with Gasteiger partial charge in [0.2, 0.25) is 11.7 Å². The molecule has 17 heavy (non-hydrogen) atoms. The van der Waals surface area contributed by atoms with Crippen molar-refractivity contribution in [3.63, 3.8) is 0 Å². The molecule has 0 saturated carbocycles. The molecule has 0 spiro atoms. The third kappa shape index (κ3) is 2.77. The second-order valence-corrected chi connectivity index (χ2v) is 3.15. The fraction of sp³-hybridized carbons (Fsp3) is 0.100. The highest BCUT2D eigenvalue weighted by Gasteiger charge is 2.08. The molecule has 0 aromatic carbocycles. The fourth-order valence-corrected chi connectivity index (χ4v) is 1.16. The van der Waals surface area contributed by atoms with Gasteiger partial charge in [0.15, 0.2) is 5.82 Å². The molecule has 7 heteroatoms. The molecule has 88 valence electrons. The van der Waals surface area contributed by atoms with Crippen molar-refractivity contribution in [1.29, 1.82) is 0 Å². The van der Waals surface area contributed by atoms with Gasteiger partial charge in [-0.2, -0.15) is 0 Å². The highest BCUT2D eigenvalue weighted by molar-refractivity contribution is 5.84. The fourth-order valence-electron chi connectivity index (χ4n) is 1.16. The number of hydrogen-bond donors (Lipinski definition) is 2. The second-order valence-electron chi connectivity index (χ2n) is 3.15. The van der Waals surface area contributed by atoms with Gasteiger partial charge in [-0.15, -0.1) is 0 Å². The first-order chi connectivity index (χ1) is 8.15. The molecule has 0 radical (unpaired) electrons. The van der Waals surface area contributed by atoms with Crippen LogP contribution in [0.4, 0.5) is 10.3 Å². The first-order valence-electron chi connectivity index (χ1n) is 4.68. The van der Waals surface area contributed by atoms with E-state index in [2.05, 4.69) is 15.3 Å². The molecular weight excluding hydrogens is 229 g/mol. The zero-order valence-corrected chi connectivity index (χ0v) is 8.55. The molecule has 0 amide bonds. The number of nitrogens with one attached hydrogen (secondary N) is 1. The second kappa shape index (κ2) is 4.60. The summed E-state index contributed by atoms with van der Waals surface area (Å²) in [6, 6.07) is 2.88. The van der Waals surface area contributed by atoms with Crippen molar-refractivity contribution in [3.8, 4) is 0 Å². The van der Waals surface area contributed by atoms with E-state index in [0.717, 1.165) is 12.4 Å². The number of carboxylic acid groups (broad SMARTS) is 1. The standard InChI is InChI=1S/C10H8FN3O3/c11-6-3-12-10(13-4-6)14-5-7-1-2-8(17-7)9(15)16/h1-4H,5H2,(H,15,16)(H,12,13,14). The van der Waals surface area contributed by atoms with Crippen LogP contribution in [0.15, 0.2) is 28.9 Å². The predicted molar refractivity (Wildman–Crippen MR) is 55.0 cm³/mol. The molecule has 2 aromatic heterocycles. The molecular formula is C10H8FN3O3. The first-order valence-corrected chi connectivity index (χ1v) is 4.68. The Morgan fingerprint density at radius 3 is 2.71 bits per heavy atom. The van der Waals surface area contributed by atoms with Crippen LogP contribution in [0.3, 0.4) is 0 Å². The number of anilines is 1. The van der Waals surface area contributed by atoms with Gasteiger partial charge >= 0.3 is 5.97 Å². The van der Waals surface area contributed by atoms with E-state index in [0.29, 0.717) is 5.76 Å². The summed E-state index contributed by atoms with van der Waals surface area (Å²) in [6.07, 6.45) is 2.06. The summed E-state index contributed by atoms with van der Waals surface area (Å²) in [6.45, 7) is 0.221. The number of carbonyl (C=O) groups is 1. The van der Waals surface area contributed by atoms with Crippen molar-refractivity contribution in [2.75, 3.05) is 5.32 Å². The van der Waals surface area contributed by atoms with Crippen LogP contribution in [0.1, 0.15) is 16.3 Å². The van der Waals surface area contributed by atoms with Crippen molar-refractivity contribution < 1.29 is 18.7 Å². The van der Waals surface area contributed by atoms with Gasteiger partial charge < -0.3 is 14.8 Å². The molecule has 2 aromatic rings. The van der Waals surface area contributed by atoms with Gasteiger partial charge in [-0.1, -0.05) is 0 Å². The van der Waals surface area contributed by atoms with E-state index in [1.165, 1.54) is 12.1 Å². The average Bonchev–Trinajstić information content (AvgIpc) is 2.77. The minimum Gasteiger partial charge on any atom is -0.475 e. The molecule has 2 heterocycles. The van der Waals surface area contributed by atoms with Crippen molar-refractivity contribution in [2.24, 2.45) is 0 Å². The Morgan fingerprint density at radius 1 is 1.41 bits per heavy atom. The highest BCUT2D eigenvalue weighted by atomic mass is 19.1. The maximum Gasteiger partial charge on any atom is 0.371 e. The number of aromatic nitrogens is 2. The number of nitrogens with zero attached hydrogens (tertiary/aromatic N) is 2. The first kappa shape index (κ1) is 11.1. The summed E-state index contributed by atoms with van der Waals surface area (Å²) in [5, 5.41) is 11.4. The zero-order valence-electron chi connectivity index (χ0n) is 8.55. The van der Waals surface area contributed by atoms with E-state index >= 15 is 0 Å². The summed E-state index contributed by atoms with van der Waals surface area (Å²) in [5.74, 6) is -1.13. The van der Waals surface area contributed by atoms with Gasteiger partial charge in [0.25, 0.3) is 0 Å². The normalized spacial score (nSPS) is 10.2. The maximum absolute atomic E-state index is 12.5. The Labute approximate surface area is 95.1 Å². The van der Waals surface area contributed by atoms with Crippen molar-refractivity contribution in [3.05, 3.63) is 41.9 Å². The van der Waals surface area contributed by atoms with Crippen molar-refractivity contribution >= 4 is 11.9 Å². The largest absolute Gasteiger partial charge is 0.475 e. The van der Waals surface area contributed by atoms with E-state index < -0.39 is 11.8 Å². The molecule has 0 aliphatic carbocycles. The summed E-state index contributed by atoms with van der Waals surface area (Å²) < 4.78 is 17.5. The minimum absolute atomic E-state index is 0.137. The summed E-state index contributed by atoms with van der Waals surface area (Å²) >= 11 is 0. The van der Waals surface area contributed by atoms with Gasteiger partial charge in [-0.05, 0) is 12.1 Å². The van der Waals surface area contributed by atoms with Gasteiger partial charge in [0, 0.05) is 0 Å². The number of rotatable bonds is 4. The Morgan fingerprint density at radius 2 is 2.12 bits per heavy atom. The van der Waals surface area contributed by atoms with Crippen LogP contribution in [0.25, 0.3) is 0 Å². The van der Waals surface area contributed by atoms with E-state index in [9.17, 15) is 9.18 Å². The third-order valence-electron chi connectivity index (χ3n) is 1.91. The average molecular weight is 237 g/mol. The van der Waals surface area contributed by atoms with Crippen LogP contribution in [-0.4, -0.2) is 21.0 Å². The summed E-state index contributed by atoms with van der Waals surface area (Å²) in [4.78, 5) is 17.9. The lowest BCUT2D eigenvalue weighted by Gasteiger charge is -2.01. The van der Waals surface area contributed by atoms with Crippen LogP contribution in [-0.2, 0) is 6.54 Å². The number of carboxylic acids is 1. The Balaban J connectivity index is 1.97. The van der Waals surface area contributed by atoms with Crippen molar-refractivity contribution in [2.45, 2.75) is 6.54 Å². The molecule has 2 N–H and O–H groups in total. The lowest BCUT2D eigenvalue weighted by Crippen LogP contribution is -2.02. The van der Waals surface area contributed by atoms with E-state index in [1.54, 1.807) is 0 Å². The molecule has 0 aliphatic heterocycles. The minimum atomic E-state index is -1.13. The lowest BCUT2D eigenvalue weighted by atomic mass is 10.4. The number of furan rings is 1. The van der Waals surface area contributed by atoms with Gasteiger partial charge in [-0.3, -0.25) is 0 Å². The molecule has 0 bridgehead atoms. The monoisotopic (exact) mass is 237 g/mol. The van der Waals surface area contributed by atoms with Crippen LogP contribution in [0, 0.1) is 5.82 Å². The van der Waals surface area contributed by atoms with Crippen LogP contribution < -0.4 is 5.32 Å². The summed E-state index contributed by atoms with van der Waals surface area (Å²) in [5.41, 5.74) is 0. The Kier molecular flexibility index (Phi) is 2.99. The molecule has 0 saturated heterocycles. The smallest absolute Gasteiger partial charge is 0.371 e. The molecule has 0 unspecified atom stereocenters. The Bertz CT molecular complexity index is 524.